The Bertz CT molecular complexity index is 642. The second-order valence-corrected chi connectivity index (χ2v) is 4.28. The van der Waals surface area contributed by atoms with Crippen molar-refractivity contribution < 1.29 is 22.5 Å². The summed E-state index contributed by atoms with van der Waals surface area (Å²) in [4.78, 5) is 18.7. The zero-order valence-electron chi connectivity index (χ0n) is 9.98. The highest BCUT2D eigenvalue weighted by molar-refractivity contribution is 6.32. The molecule has 2 aromatic rings. The fourth-order valence-corrected chi connectivity index (χ4v) is 1.62. The van der Waals surface area contributed by atoms with E-state index in [-0.39, 0.29) is 16.5 Å². The molecule has 0 amide bonds. The minimum atomic E-state index is -4.96. The van der Waals surface area contributed by atoms with Crippen LogP contribution < -0.4 is 0 Å². The lowest BCUT2D eigenvalue weighted by molar-refractivity contribution is -0.172. The smallest absolute Gasteiger partial charge is 0.338 e. The SMILES string of the molecule is CC(C(=O)C(F)(F)F)c1nc(-c2ncccc2Cl)no1. The molecule has 1 unspecified atom stereocenters. The normalized spacial score (nSPS) is 13.2. The van der Waals surface area contributed by atoms with Crippen molar-refractivity contribution in [3.63, 3.8) is 0 Å². The van der Waals surface area contributed by atoms with Crippen molar-refractivity contribution in [2.75, 3.05) is 0 Å². The van der Waals surface area contributed by atoms with Gasteiger partial charge in [-0.3, -0.25) is 9.78 Å². The summed E-state index contributed by atoms with van der Waals surface area (Å²) >= 11 is 5.85. The summed E-state index contributed by atoms with van der Waals surface area (Å²) in [6.45, 7) is 1.03. The molecule has 0 saturated carbocycles. The largest absolute Gasteiger partial charge is 0.450 e. The van der Waals surface area contributed by atoms with Crippen LogP contribution in [-0.4, -0.2) is 27.1 Å². The van der Waals surface area contributed by atoms with E-state index < -0.39 is 23.8 Å². The number of hydrogen-bond donors (Lipinski definition) is 0. The first-order valence-corrected chi connectivity index (χ1v) is 5.74. The fourth-order valence-electron chi connectivity index (χ4n) is 1.42. The summed E-state index contributed by atoms with van der Waals surface area (Å²) in [5, 5.41) is 3.70. The molecule has 0 bridgehead atoms. The fraction of sp³-hybridized carbons (Fsp3) is 0.273. The first-order chi connectivity index (χ1) is 9.30. The zero-order chi connectivity index (χ0) is 14.9. The summed E-state index contributed by atoms with van der Waals surface area (Å²) < 4.78 is 41.6. The van der Waals surface area contributed by atoms with Gasteiger partial charge in [0.25, 0.3) is 0 Å². The second-order valence-electron chi connectivity index (χ2n) is 3.87. The van der Waals surface area contributed by atoms with Gasteiger partial charge in [0.15, 0.2) is 0 Å². The minimum absolute atomic E-state index is 0.0765. The van der Waals surface area contributed by atoms with Crippen molar-refractivity contribution in [3.05, 3.63) is 29.2 Å². The molecule has 2 heterocycles. The number of pyridine rings is 1. The number of Topliss-reactive ketones (excluding diaryl/α,β-unsaturated/α-hetero) is 1. The van der Waals surface area contributed by atoms with Crippen molar-refractivity contribution in [2.45, 2.75) is 19.0 Å². The van der Waals surface area contributed by atoms with E-state index in [2.05, 4.69) is 19.6 Å². The molecular formula is C11H7ClF3N3O2. The maximum Gasteiger partial charge on any atom is 0.450 e. The van der Waals surface area contributed by atoms with Gasteiger partial charge in [0.05, 0.1) is 5.02 Å². The van der Waals surface area contributed by atoms with Gasteiger partial charge < -0.3 is 4.52 Å². The number of nitrogens with zero attached hydrogens (tertiary/aromatic N) is 3. The van der Waals surface area contributed by atoms with Gasteiger partial charge in [-0.1, -0.05) is 16.8 Å². The average Bonchev–Trinajstić information content (AvgIpc) is 2.86. The molecule has 0 fully saturated rings. The van der Waals surface area contributed by atoms with Gasteiger partial charge in [-0.05, 0) is 19.1 Å². The molecule has 0 saturated heterocycles. The van der Waals surface area contributed by atoms with Crippen LogP contribution in [0, 0.1) is 0 Å². The monoisotopic (exact) mass is 305 g/mol. The Labute approximate surface area is 115 Å². The Kier molecular flexibility index (Phi) is 3.76. The van der Waals surface area contributed by atoms with Crippen molar-refractivity contribution in [3.8, 4) is 11.5 Å². The molecule has 0 aliphatic heterocycles. The van der Waals surface area contributed by atoms with Crippen LogP contribution in [0.25, 0.3) is 11.5 Å². The number of carbonyl (C=O) groups is 1. The molecule has 20 heavy (non-hydrogen) atoms. The standard InChI is InChI=1S/C11H7ClF3N3O2/c1-5(8(19)11(13,14)15)10-17-9(18-20-10)7-6(12)3-2-4-16-7/h2-5H,1H3. The van der Waals surface area contributed by atoms with Gasteiger partial charge in [-0.2, -0.15) is 18.2 Å². The number of ketones is 1. The maximum absolute atomic E-state index is 12.3. The van der Waals surface area contributed by atoms with E-state index in [0.29, 0.717) is 0 Å². The molecule has 9 heteroatoms. The van der Waals surface area contributed by atoms with E-state index in [0.717, 1.165) is 6.92 Å². The lowest BCUT2D eigenvalue weighted by Crippen LogP contribution is -2.27. The van der Waals surface area contributed by atoms with E-state index in [1.165, 1.54) is 12.3 Å². The van der Waals surface area contributed by atoms with Crippen molar-refractivity contribution >= 4 is 17.4 Å². The number of alkyl halides is 3. The highest BCUT2D eigenvalue weighted by Crippen LogP contribution is 2.28. The summed E-state index contributed by atoms with van der Waals surface area (Å²) in [7, 11) is 0. The van der Waals surface area contributed by atoms with Crippen LogP contribution in [0.1, 0.15) is 18.7 Å². The van der Waals surface area contributed by atoms with Gasteiger partial charge >= 0.3 is 6.18 Å². The van der Waals surface area contributed by atoms with Gasteiger partial charge in [-0.25, -0.2) is 0 Å². The first-order valence-electron chi connectivity index (χ1n) is 5.36. The first kappa shape index (κ1) is 14.4. The highest BCUT2D eigenvalue weighted by Gasteiger charge is 2.44. The van der Waals surface area contributed by atoms with Gasteiger partial charge in [0.2, 0.25) is 17.5 Å². The third kappa shape index (κ3) is 2.79. The molecule has 2 aromatic heterocycles. The van der Waals surface area contributed by atoms with E-state index in [4.69, 9.17) is 11.6 Å². The Hall–Kier alpha value is -1.96. The van der Waals surface area contributed by atoms with E-state index in [9.17, 15) is 18.0 Å². The molecule has 0 aromatic carbocycles. The molecule has 5 nitrogen and oxygen atoms in total. The van der Waals surface area contributed by atoms with Crippen molar-refractivity contribution in [1.29, 1.82) is 0 Å². The molecular weight excluding hydrogens is 299 g/mol. The molecule has 0 spiro atoms. The molecule has 1 atom stereocenters. The quantitative estimate of drug-likeness (QED) is 0.872. The molecule has 0 radical (unpaired) electrons. The molecule has 2 rings (SSSR count). The minimum Gasteiger partial charge on any atom is -0.338 e. The van der Waals surface area contributed by atoms with Gasteiger partial charge in [0.1, 0.15) is 11.6 Å². The number of rotatable bonds is 3. The van der Waals surface area contributed by atoms with Gasteiger partial charge in [-0.15, -0.1) is 0 Å². The third-order valence-corrected chi connectivity index (χ3v) is 2.76. The number of aromatic nitrogens is 3. The number of halogens is 4. The Morgan fingerprint density at radius 2 is 2.15 bits per heavy atom. The Morgan fingerprint density at radius 3 is 2.75 bits per heavy atom. The number of carbonyl (C=O) groups excluding carboxylic acids is 1. The Morgan fingerprint density at radius 1 is 1.45 bits per heavy atom. The van der Waals surface area contributed by atoms with Crippen LogP contribution in [0.2, 0.25) is 5.02 Å². The molecule has 0 aliphatic carbocycles. The van der Waals surface area contributed by atoms with Crippen LogP contribution in [0.3, 0.4) is 0 Å². The predicted octanol–water partition coefficient (Wildman–Crippen LogP) is 3.02. The van der Waals surface area contributed by atoms with Crippen LogP contribution in [0.4, 0.5) is 13.2 Å². The summed E-state index contributed by atoms with van der Waals surface area (Å²) in [5.74, 6) is -4.06. The predicted molar refractivity (Wildman–Crippen MR) is 62.0 cm³/mol. The van der Waals surface area contributed by atoms with Crippen molar-refractivity contribution in [2.24, 2.45) is 0 Å². The number of hydrogen-bond acceptors (Lipinski definition) is 5. The van der Waals surface area contributed by atoms with Crippen molar-refractivity contribution in [1.82, 2.24) is 15.1 Å². The van der Waals surface area contributed by atoms with E-state index >= 15 is 0 Å². The highest BCUT2D eigenvalue weighted by atomic mass is 35.5. The van der Waals surface area contributed by atoms with Gasteiger partial charge in [0, 0.05) is 6.20 Å². The third-order valence-electron chi connectivity index (χ3n) is 2.46. The maximum atomic E-state index is 12.3. The van der Waals surface area contributed by atoms with Crippen LogP contribution in [0.5, 0.6) is 0 Å². The zero-order valence-corrected chi connectivity index (χ0v) is 10.7. The summed E-state index contributed by atoms with van der Waals surface area (Å²) in [6.07, 6.45) is -3.54. The van der Waals surface area contributed by atoms with E-state index in [1.807, 2.05) is 0 Å². The topological polar surface area (TPSA) is 68.9 Å². The van der Waals surface area contributed by atoms with E-state index in [1.54, 1.807) is 6.07 Å². The van der Waals surface area contributed by atoms with Crippen LogP contribution in [-0.2, 0) is 4.79 Å². The van der Waals surface area contributed by atoms with Crippen LogP contribution in [0.15, 0.2) is 22.9 Å². The summed E-state index contributed by atoms with van der Waals surface area (Å²) in [5.41, 5.74) is 0.163. The molecule has 0 N–H and O–H groups in total. The summed E-state index contributed by atoms with van der Waals surface area (Å²) in [6, 6.07) is 3.09. The average molecular weight is 306 g/mol. The Balaban J connectivity index is 2.30. The lowest BCUT2D eigenvalue weighted by Gasteiger charge is -2.08. The van der Waals surface area contributed by atoms with Crippen LogP contribution >= 0.6 is 11.6 Å². The second kappa shape index (κ2) is 5.20. The molecule has 0 aliphatic rings. The molecule has 106 valence electrons. The lowest BCUT2D eigenvalue weighted by atomic mass is 10.1.